The standard InChI is InChI=1S/C17H20N2O6S/c1-8-12(15(20)23-4)14(13(9(2)18-8)16(21)24-5)17(22)25-6-11-7-26-10(3)19-11/h7,14,18H,6H2,1-5H3. The lowest BCUT2D eigenvalue weighted by Gasteiger charge is -2.28. The SMILES string of the molecule is COC(=O)C1=C(C)NC(C)=C(C(=O)OC)C1C(=O)OCc1csc(C)n1. The topological polar surface area (TPSA) is 104 Å². The minimum Gasteiger partial charge on any atom is -0.466 e. The second-order valence-electron chi connectivity index (χ2n) is 5.58. The highest BCUT2D eigenvalue weighted by Crippen LogP contribution is 2.32. The quantitative estimate of drug-likeness (QED) is 0.607. The molecule has 1 aromatic rings. The number of nitrogens with zero attached hydrogens (tertiary/aromatic N) is 1. The first-order chi connectivity index (χ1) is 12.3. The molecule has 0 saturated heterocycles. The van der Waals surface area contributed by atoms with Gasteiger partial charge in [0.1, 0.15) is 12.5 Å². The van der Waals surface area contributed by atoms with Crippen LogP contribution in [0, 0.1) is 12.8 Å². The van der Waals surface area contributed by atoms with E-state index in [1.54, 1.807) is 19.2 Å². The number of carbonyl (C=O) groups is 3. The number of hydrogen-bond donors (Lipinski definition) is 1. The minimum absolute atomic E-state index is 0.0120. The number of hydrogen-bond acceptors (Lipinski definition) is 9. The first kappa shape index (κ1) is 19.6. The Bertz CT molecular complexity index is 770. The van der Waals surface area contributed by atoms with Crippen molar-refractivity contribution in [3.05, 3.63) is 38.6 Å². The van der Waals surface area contributed by atoms with E-state index in [1.165, 1.54) is 25.6 Å². The van der Waals surface area contributed by atoms with Gasteiger partial charge in [-0.05, 0) is 20.8 Å². The van der Waals surface area contributed by atoms with Crippen LogP contribution >= 0.6 is 11.3 Å². The molecule has 2 rings (SSSR count). The highest BCUT2D eigenvalue weighted by Gasteiger charge is 2.42. The monoisotopic (exact) mass is 380 g/mol. The van der Waals surface area contributed by atoms with Gasteiger partial charge < -0.3 is 19.5 Å². The third kappa shape index (κ3) is 3.93. The van der Waals surface area contributed by atoms with Crippen molar-refractivity contribution >= 4 is 29.2 Å². The number of esters is 3. The van der Waals surface area contributed by atoms with Gasteiger partial charge in [-0.15, -0.1) is 11.3 Å². The predicted molar refractivity (Wildman–Crippen MR) is 92.7 cm³/mol. The molecule has 1 aliphatic rings. The third-order valence-electron chi connectivity index (χ3n) is 3.84. The summed E-state index contributed by atoms with van der Waals surface area (Å²) >= 11 is 1.43. The van der Waals surface area contributed by atoms with Crippen molar-refractivity contribution < 1.29 is 28.6 Å². The maximum Gasteiger partial charge on any atom is 0.336 e. The largest absolute Gasteiger partial charge is 0.466 e. The lowest BCUT2D eigenvalue weighted by Crippen LogP contribution is -2.37. The Morgan fingerprint density at radius 2 is 1.62 bits per heavy atom. The van der Waals surface area contributed by atoms with Gasteiger partial charge in [0.05, 0.1) is 36.1 Å². The molecule has 0 radical (unpaired) electrons. The van der Waals surface area contributed by atoms with Crippen molar-refractivity contribution in [3.63, 3.8) is 0 Å². The summed E-state index contributed by atoms with van der Waals surface area (Å²) in [6, 6.07) is 0. The van der Waals surface area contributed by atoms with Gasteiger partial charge in [-0.2, -0.15) is 0 Å². The summed E-state index contributed by atoms with van der Waals surface area (Å²) in [5.41, 5.74) is 1.44. The van der Waals surface area contributed by atoms with Crippen LogP contribution in [-0.4, -0.2) is 37.1 Å². The molecule has 0 aliphatic carbocycles. The summed E-state index contributed by atoms with van der Waals surface area (Å²) in [6.45, 7) is 5.02. The molecule has 2 heterocycles. The fraction of sp³-hybridized carbons (Fsp3) is 0.412. The fourth-order valence-corrected chi connectivity index (χ4v) is 3.29. The molecule has 0 atom stereocenters. The number of ether oxygens (including phenoxy) is 3. The molecule has 1 N–H and O–H groups in total. The second-order valence-corrected chi connectivity index (χ2v) is 6.65. The van der Waals surface area contributed by atoms with Gasteiger partial charge in [0, 0.05) is 16.8 Å². The maximum atomic E-state index is 12.8. The van der Waals surface area contributed by atoms with Crippen molar-refractivity contribution in [1.82, 2.24) is 10.3 Å². The molecule has 9 heteroatoms. The van der Waals surface area contributed by atoms with Crippen LogP contribution in [0.3, 0.4) is 0 Å². The summed E-state index contributed by atoms with van der Waals surface area (Å²) in [5.74, 6) is -3.45. The van der Waals surface area contributed by atoms with Crippen molar-refractivity contribution in [1.29, 1.82) is 0 Å². The lowest BCUT2D eigenvalue weighted by atomic mass is 9.85. The van der Waals surface area contributed by atoms with Gasteiger partial charge in [0.25, 0.3) is 0 Å². The van der Waals surface area contributed by atoms with Crippen molar-refractivity contribution in [3.8, 4) is 0 Å². The maximum absolute atomic E-state index is 12.8. The van der Waals surface area contributed by atoms with Crippen LogP contribution in [0.25, 0.3) is 0 Å². The van der Waals surface area contributed by atoms with Gasteiger partial charge in [0.15, 0.2) is 0 Å². The average Bonchev–Trinajstić information content (AvgIpc) is 3.03. The van der Waals surface area contributed by atoms with Crippen molar-refractivity contribution in [2.45, 2.75) is 27.4 Å². The van der Waals surface area contributed by atoms with Crippen LogP contribution in [0.5, 0.6) is 0 Å². The Balaban J connectivity index is 2.37. The number of methoxy groups -OCH3 is 2. The molecule has 1 aromatic heterocycles. The molecule has 0 unspecified atom stereocenters. The summed E-state index contributed by atoms with van der Waals surface area (Å²) < 4.78 is 14.9. The summed E-state index contributed by atoms with van der Waals surface area (Å²) in [6.07, 6.45) is 0. The highest BCUT2D eigenvalue weighted by atomic mass is 32.1. The predicted octanol–water partition coefficient (Wildman–Crippen LogP) is 1.61. The van der Waals surface area contributed by atoms with E-state index in [0.717, 1.165) is 5.01 Å². The van der Waals surface area contributed by atoms with E-state index < -0.39 is 23.8 Å². The van der Waals surface area contributed by atoms with E-state index in [2.05, 4.69) is 10.3 Å². The fourth-order valence-electron chi connectivity index (χ4n) is 2.69. The molecular weight excluding hydrogens is 360 g/mol. The summed E-state index contributed by atoms with van der Waals surface area (Å²) in [4.78, 5) is 41.4. The van der Waals surface area contributed by atoms with E-state index in [0.29, 0.717) is 17.1 Å². The number of aryl methyl sites for hydroxylation is 1. The van der Waals surface area contributed by atoms with Gasteiger partial charge >= 0.3 is 17.9 Å². The lowest BCUT2D eigenvalue weighted by molar-refractivity contribution is -0.152. The zero-order valence-corrected chi connectivity index (χ0v) is 16.0. The molecule has 0 fully saturated rings. The van der Waals surface area contributed by atoms with Crippen molar-refractivity contribution in [2.75, 3.05) is 14.2 Å². The zero-order valence-electron chi connectivity index (χ0n) is 15.2. The zero-order chi connectivity index (χ0) is 19.4. The van der Waals surface area contributed by atoms with E-state index in [9.17, 15) is 14.4 Å². The van der Waals surface area contributed by atoms with Gasteiger partial charge in [0.2, 0.25) is 0 Å². The third-order valence-corrected chi connectivity index (χ3v) is 4.66. The molecule has 1 aliphatic heterocycles. The van der Waals surface area contributed by atoms with Crippen LogP contribution in [0.2, 0.25) is 0 Å². The highest BCUT2D eigenvalue weighted by molar-refractivity contribution is 7.09. The first-order valence-electron chi connectivity index (χ1n) is 7.73. The minimum atomic E-state index is -1.24. The number of nitrogens with one attached hydrogen (secondary N) is 1. The average molecular weight is 380 g/mol. The molecule has 0 spiro atoms. The van der Waals surface area contributed by atoms with E-state index in [1.807, 2.05) is 6.92 Å². The normalized spacial score (nSPS) is 14.8. The van der Waals surface area contributed by atoms with Crippen molar-refractivity contribution in [2.24, 2.45) is 5.92 Å². The molecule has 26 heavy (non-hydrogen) atoms. The number of allylic oxidation sites excluding steroid dienone is 2. The molecule has 8 nitrogen and oxygen atoms in total. The summed E-state index contributed by atoms with van der Waals surface area (Å²) in [7, 11) is 2.40. The Kier molecular flexibility index (Phi) is 6.14. The van der Waals surface area contributed by atoms with E-state index >= 15 is 0 Å². The van der Waals surface area contributed by atoms with Crippen LogP contribution in [0.1, 0.15) is 24.5 Å². The Hall–Kier alpha value is -2.68. The smallest absolute Gasteiger partial charge is 0.336 e. The number of dihydropyridines is 1. The Morgan fingerprint density at radius 3 is 2.04 bits per heavy atom. The van der Waals surface area contributed by atoms with E-state index in [-0.39, 0.29) is 17.8 Å². The molecular formula is C17H20N2O6S. The number of thiazole rings is 1. The second kappa shape index (κ2) is 8.13. The van der Waals surface area contributed by atoms with Crippen LogP contribution in [0.4, 0.5) is 0 Å². The van der Waals surface area contributed by atoms with Crippen LogP contribution < -0.4 is 5.32 Å². The van der Waals surface area contributed by atoms with E-state index in [4.69, 9.17) is 14.2 Å². The van der Waals surface area contributed by atoms with Gasteiger partial charge in [-0.25, -0.2) is 14.6 Å². The van der Waals surface area contributed by atoms with Gasteiger partial charge in [-0.3, -0.25) is 4.79 Å². The van der Waals surface area contributed by atoms with Crippen LogP contribution in [0.15, 0.2) is 27.9 Å². The molecule has 0 bridgehead atoms. The number of rotatable bonds is 5. The molecule has 0 saturated carbocycles. The number of aromatic nitrogens is 1. The Labute approximate surface area is 154 Å². The molecule has 0 aromatic carbocycles. The van der Waals surface area contributed by atoms with Crippen LogP contribution in [-0.2, 0) is 35.2 Å². The first-order valence-corrected chi connectivity index (χ1v) is 8.60. The molecule has 0 amide bonds. The Morgan fingerprint density at radius 1 is 1.08 bits per heavy atom. The molecule has 140 valence electrons. The number of carbonyl (C=O) groups excluding carboxylic acids is 3. The summed E-state index contributed by atoms with van der Waals surface area (Å²) in [5, 5.41) is 5.53. The van der Waals surface area contributed by atoms with Gasteiger partial charge in [-0.1, -0.05) is 0 Å².